The zero-order valence-corrected chi connectivity index (χ0v) is 14.9. The molecule has 1 N–H and O–H groups in total. The number of aryl methyl sites for hydroxylation is 1. The molecule has 1 heterocycles. The third-order valence-electron chi connectivity index (χ3n) is 4.69. The lowest BCUT2D eigenvalue weighted by molar-refractivity contribution is -0.384. The number of hydrogen-bond donors (Lipinski definition) is 1. The van der Waals surface area contributed by atoms with E-state index in [1.54, 1.807) is 12.1 Å². The fourth-order valence-corrected chi connectivity index (χ4v) is 3.45. The first-order valence-corrected chi connectivity index (χ1v) is 8.90. The minimum Gasteiger partial charge on any atom is -0.324 e. The monoisotopic (exact) mass is 353 g/mol. The van der Waals surface area contributed by atoms with Crippen LogP contribution in [0.2, 0.25) is 0 Å². The Balaban J connectivity index is 1.91. The molecule has 0 saturated carbocycles. The zero-order chi connectivity index (χ0) is 18.5. The summed E-state index contributed by atoms with van der Waals surface area (Å²) >= 11 is 0. The fourth-order valence-electron chi connectivity index (χ4n) is 3.45. The Labute approximate surface area is 153 Å². The van der Waals surface area contributed by atoms with Crippen LogP contribution in [0.4, 0.5) is 11.4 Å². The van der Waals surface area contributed by atoms with E-state index in [0.717, 1.165) is 43.6 Å². The van der Waals surface area contributed by atoms with Crippen molar-refractivity contribution in [1.82, 2.24) is 4.90 Å². The van der Waals surface area contributed by atoms with E-state index in [4.69, 9.17) is 0 Å². The standard InChI is InChI=1S/C20H23N3O3/c1-15-7-5-9-17(13-15)21-20(24)19(22-11-3-2-4-12-22)16-8-6-10-18(14-16)23(25)26/h5-10,13-14,19H,2-4,11-12H2,1H3,(H,21,24)/t19-/m1/s1. The Morgan fingerprint density at radius 2 is 1.85 bits per heavy atom. The molecule has 0 aliphatic carbocycles. The van der Waals surface area contributed by atoms with Crippen LogP contribution in [0.15, 0.2) is 48.5 Å². The summed E-state index contributed by atoms with van der Waals surface area (Å²) in [5.41, 5.74) is 2.47. The second-order valence-corrected chi connectivity index (χ2v) is 6.71. The van der Waals surface area contributed by atoms with Gasteiger partial charge in [0.15, 0.2) is 0 Å². The number of hydrogen-bond acceptors (Lipinski definition) is 4. The topological polar surface area (TPSA) is 75.5 Å². The largest absolute Gasteiger partial charge is 0.324 e. The molecule has 1 aliphatic rings. The number of amides is 1. The smallest absolute Gasteiger partial charge is 0.269 e. The van der Waals surface area contributed by atoms with Gasteiger partial charge in [-0.05, 0) is 56.1 Å². The Bertz CT molecular complexity index is 800. The predicted octanol–water partition coefficient (Wildman–Crippen LogP) is 4.07. The van der Waals surface area contributed by atoms with Gasteiger partial charge in [-0.3, -0.25) is 19.8 Å². The maximum absolute atomic E-state index is 13.1. The average molecular weight is 353 g/mol. The van der Waals surface area contributed by atoms with E-state index in [1.807, 2.05) is 31.2 Å². The number of likely N-dealkylation sites (tertiary alicyclic amines) is 1. The lowest BCUT2D eigenvalue weighted by atomic mass is 10.00. The molecule has 1 atom stereocenters. The molecule has 0 aromatic heterocycles. The molecule has 136 valence electrons. The number of nitro benzene ring substituents is 1. The van der Waals surface area contributed by atoms with Crippen molar-refractivity contribution in [3.05, 3.63) is 69.8 Å². The van der Waals surface area contributed by atoms with Crippen LogP contribution in [0.1, 0.15) is 36.4 Å². The minimum absolute atomic E-state index is 0.00728. The maximum atomic E-state index is 13.1. The van der Waals surface area contributed by atoms with Crippen LogP contribution in [-0.4, -0.2) is 28.8 Å². The van der Waals surface area contributed by atoms with Crippen LogP contribution < -0.4 is 5.32 Å². The Morgan fingerprint density at radius 3 is 2.54 bits per heavy atom. The van der Waals surface area contributed by atoms with Crippen LogP contribution in [0.25, 0.3) is 0 Å². The number of carbonyl (C=O) groups excluding carboxylic acids is 1. The first-order valence-electron chi connectivity index (χ1n) is 8.90. The molecule has 0 radical (unpaired) electrons. The summed E-state index contributed by atoms with van der Waals surface area (Å²) in [7, 11) is 0. The summed E-state index contributed by atoms with van der Waals surface area (Å²) in [6.07, 6.45) is 3.21. The summed E-state index contributed by atoms with van der Waals surface area (Å²) in [5.74, 6) is -0.155. The quantitative estimate of drug-likeness (QED) is 0.649. The van der Waals surface area contributed by atoms with Gasteiger partial charge in [-0.2, -0.15) is 0 Å². The molecular weight excluding hydrogens is 330 g/mol. The number of nitrogens with one attached hydrogen (secondary N) is 1. The molecule has 0 spiro atoms. The first-order chi connectivity index (χ1) is 12.5. The molecule has 2 aromatic carbocycles. The van der Waals surface area contributed by atoms with Crippen molar-refractivity contribution in [1.29, 1.82) is 0 Å². The highest BCUT2D eigenvalue weighted by molar-refractivity contribution is 5.95. The number of nitrogens with zero attached hydrogens (tertiary/aromatic N) is 2. The lowest BCUT2D eigenvalue weighted by Crippen LogP contribution is -2.40. The number of rotatable bonds is 5. The van der Waals surface area contributed by atoms with Crippen molar-refractivity contribution < 1.29 is 9.72 Å². The highest BCUT2D eigenvalue weighted by Crippen LogP contribution is 2.28. The number of anilines is 1. The van der Waals surface area contributed by atoms with E-state index in [9.17, 15) is 14.9 Å². The van der Waals surface area contributed by atoms with Gasteiger partial charge in [0.05, 0.1) is 4.92 Å². The highest BCUT2D eigenvalue weighted by Gasteiger charge is 2.30. The SMILES string of the molecule is Cc1cccc(NC(=O)[C@@H](c2cccc([N+](=O)[O-])c2)N2CCCCC2)c1. The fraction of sp³-hybridized carbons (Fsp3) is 0.350. The van der Waals surface area contributed by atoms with Crippen molar-refractivity contribution >= 4 is 17.3 Å². The number of non-ortho nitro benzene ring substituents is 1. The second-order valence-electron chi connectivity index (χ2n) is 6.71. The van der Waals surface area contributed by atoms with Crippen LogP contribution in [0.5, 0.6) is 0 Å². The summed E-state index contributed by atoms with van der Waals surface area (Å²) in [5, 5.41) is 14.1. The van der Waals surface area contributed by atoms with E-state index >= 15 is 0 Å². The third kappa shape index (κ3) is 4.26. The van der Waals surface area contributed by atoms with Crippen LogP contribution >= 0.6 is 0 Å². The summed E-state index contributed by atoms with van der Waals surface area (Å²) < 4.78 is 0. The molecule has 1 fully saturated rings. The molecule has 0 unspecified atom stereocenters. The molecule has 6 heteroatoms. The van der Waals surface area contributed by atoms with Gasteiger partial charge >= 0.3 is 0 Å². The van der Waals surface area contributed by atoms with Crippen molar-refractivity contribution in [2.45, 2.75) is 32.2 Å². The van der Waals surface area contributed by atoms with Crippen molar-refractivity contribution in [2.75, 3.05) is 18.4 Å². The molecule has 1 aliphatic heterocycles. The lowest BCUT2D eigenvalue weighted by Gasteiger charge is -2.33. The van der Waals surface area contributed by atoms with Gasteiger partial charge in [-0.1, -0.05) is 30.7 Å². The van der Waals surface area contributed by atoms with Crippen LogP contribution in [-0.2, 0) is 4.79 Å². The molecule has 3 rings (SSSR count). The van der Waals surface area contributed by atoms with Gasteiger partial charge in [0.1, 0.15) is 6.04 Å². The molecule has 2 aromatic rings. The summed E-state index contributed by atoms with van der Waals surface area (Å²) in [6, 6.07) is 13.5. The number of piperidine rings is 1. The minimum atomic E-state index is -0.532. The molecular formula is C20H23N3O3. The number of nitro groups is 1. The summed E-state index contributed by atoms with van der Waals surface area (Å²) in [6.45, 7) is 3.60. The predicted molar refractivity (Wildman–Crippen MR) is 101 cm³/mol. The van der Waals surface area contributed by atoms with E-state index in [0.29, 0.717) is 5.56 Å². The molecule has 0 bridgehead atoms. The van der Waals surface area contributed by atoms with Crippen molar-refractivity contribution in [3.8, 4) is 0 Å². The van der Waals surface area contributed by atoms with Gasteiger partial charge in [0.25, 0.3) is 5.69 Å². The molecule has 1 amide bonds. The van der Waals surface area contributed by atoms with Gasteiger partial charge in [0.2, 0.25) is 5.91 Å². The Morgan fingerprint density at radius 1 is 1.12 bits per heavy atom. The van der Waals surface area contributed by atoms with E-state index < -0.39 is 11.0 Å². The zero-order valence-electron chi connectivity index (χ0n) is 14.9. The molecule has 1 saturated heterocycles. The van der Waals surface area contributed by atoms with Crippen LogP contribution in [0.3, 0.4) is 0 Å². The number of carbonyl (C=O) groups is 1. The number of benzene rings is 2. The summed E-state index contributed by atoms with van der Waals surface area (Å²) in [4.78, 5) is 25.9. The van der Waals surface area contributed by atoms with Gasteiger partial charge in [0, 0.05) is 17.8 Å². The highest BCUT2D eigenvalue weighted by atomic mass is 16.6. The third-order valence-corrected chi connectivity index (χ3v) is 4.69. The Hall–Kier alpha value is -2.73. The van der Waals surface area contributed by atoms with Crippen LogP contribution in [0, 0.1) is 17.0 Å². The first kappa shape index (κ1) is 18.1. The van der Waals surface area contributed by atoms with Gasteiger partial charge in [-0.25, -0.2) is 0 Å². The Kier molecular flexibility index (Phi) is 5.63. The van der Waals surface area contributed by atoms with Crippen molar-refractivity contribution in [2.24, 2.45) is 0 Å². The van der Waals surface area contributed by atoms with E-state index in [2.05, 4.69) is 10.2 Å². The van der Waals surface area contributed by atoms with Gasteiger partial charge < -0.3 is 5.32 Å². The van der Waals surface area contributed by atoms with E-state index in [-0.39, 0.29) is 11.6 Å². The van der Waals surface area contributed by atoms with Crippen molar-refractivity contribution in [3.63, 3.8) is 0 Å². The normalized spacial score (nSPS) is 16.0. The maximum Gasteiger partial charge on any atom is 0.269 e. The second kappa shape index (κ2) is 8.10. The van der Waals surface area contributed by atoms with Gasteiger partial charge in [-0.15, -0.1) is 0 Å². The molecule has 26 heavy (non-hydrogen) atoms. The average Bonchev–Trinajstić information content (AvgIpc) is 2.63. The molecule has 6 nitrogen and oxygen atoms in total. The van der Waals surface area contributed by atoms with E-state index in [1.165, 1.54) is 12.1 Å².